The molecule has 0 heterocycles. The molecule has 0 saturated carbocycles. The van der Waals surface area contributed by atoms with Crippen LogP contribution in [0.1, 0.15) is 30.0 Å². The number of rotatable bonds is 5. The Morgan fingerprint density at radius 3 is 2.45 bits per heavy atom. The van der Waals surface area contributed by atoms with Crippen molar-refractivity contribution in [3.05, 3.63) is 58.9 Å². The van der Waals surface area contributed by atoms with Crippen LogP contribution in [0.5, 0.6) is 0 Å². The van der Waals surface area contributed by atoms with Crippen LogP contribution in [0.15, 0.2) is 36.4 Å². The molecular formula is C18H22FN. The summed E-state index contributed by atoms with van der Waals surface area (Å²) in [6, 6.07) is 11.6. The molecule has 0 radical (unpaired) electrons. The average molecular weight is 271 g/mol. The van der Waals surface area contributed by atoms with Crippen LogP contribution in [0.3, 0.4) is 0 Å². The summed E-state index contributed by atoms with van der Waals surface area (Å²) in [6.07, 6.45) is 1.09. The van der Waals surface area contributed by atoms with E-state index < -0.39 is 0 Å². The fourth-order valence-electron chi connectivity index (χ4n) is 2.22. The molecule has 0 aliphatic heterocycles. The second-order valence-electron chi connectivity index (χ2n) is 5.29. The topological polar surface area (TPSA) is 12.0 Å². The Bertz CT molecular complexity index is 590. The molecule has 20 heavy (non-hydrogen) atoms. The molecule has 0 fully saturated rings. The average Bonchev–Trinajstić information content (AvgIpc) is 2.43. The third-order valence-corrected chi connectivity index (χ3v) is 3.61. The maximum atomic E-state index is 14.2. The number of halogens is 1. The van der Waals surface area contributed by atoms with Gasteiger partial charge in [-0.2, -0.15) is 0 Å². The van der Waals surface area contributed by atoms with Gasteiger partial charge in [0.2, 0.25) is 0 Å². The van der Waals surface area contributed by atoms with Gasteiger partial charge in [0.1, 0.15) is 5.82 Å². The van der Waals surface area contributed by atoms with Crippen molar-refractivity contribution in [1.29, 1.82) is 0 Å². The first kappa shape index (κ1) is 14.7. The van der Waals surface area contributed by atoms with E-state index in [2.05, 4.69) is 26.1 Å². The molecule has 0 bridgehead atoms. The van der Waals surface area contributed by atoms with Crippen molar-refractivity contribution in [3.63, 3.8) is 0 Å². The Labute approximate surface area is 120 Å². The van der Waals surface area contributed by atoms with Crippen LogP contribution in [0, 0.1) is 19.7 Å². The number of hydrogen-bond donors (Lipinski definition) is 1. The van der Waals surface area contributed by atoms with Gasteiger partial charge in [0.05, 0.1) is 0 Å². The van der Waals surface area contributed by atoms with E-state index in [9.17, 15) is 4.39 Å². The first-order chi connectivity index (χ1) is 9.61. The summed E-state index contributed by atoms with van der Waals surface area (Å²) in [5.41, 5.74) is 5.03. The minimum absolute atomic E-state index is 0.149. The summed E-state index contributed by atoms with van der Waals surface area (Å²) in [5.74, 6) is -0.149. The quantitative estimate of drug-likeness (QED) is 0.783. The molecule has 0 aromatic heterocycles. The van der Waals surface area contributed by atoms with Gasteiger partial charge in [-0.15, -0.1) is 0 Å². The fraction of sp³-hybridized carbons (Fsp3) is 0.333. The zero-order valence-electron chi connectivity index (χ0n) is 12.5. The molecule has 1 nitrogen and oxygen atoms in total. The van der Waals surface area contributed by atoms with Gasteiger partial charge in [0.25, 0.3) is 0 Å². The van der Waals surface area contributed by atoms with Gasteiger partial charge < -0.3 is 5.32 Å². The second-order valence-corrected chi connectivity index (χ2v) is 5.29. The molecule has 106 valence electrons. The fourth-order valence-corrected chi connectivity index (χ4v) is 2.22. The van der Waals surface area contributed by atoms with Crippen LogP contribution in [-0.2, 0) is 6.54 Å². The Morgan fingerprint density at radius 2 is 1.80 bits per heavy atom. The third kappa shape index (κ3) is 3.45. The summed E-state index contributed by atoms with van der Waals surface area (Å²) < 4.78 is 14.2. The summed E-state index contributed by atoms with van der Waals surface area (Å²) in [7, 11) is 0. The van der Waals surface area contributed by atoms with Gasteiger partial charge in [-0.05, 0) is 55.1 Å². The SMILES string of the molecule is CCCNCc1ccc(-c2ccc(C)c(C)c2)c(F)c1. The van der Waals surface area contributed by atoms with Crippen molar-refractivity contribution in [2.45, 2.75) is 33.7 Å². The van der Waals surface area contributed by atoms with Crippen LogP contribution < -0.4 is 5.32 Å². The predicted molar refractivity (Wildman–Crippen MR) is 83.3 cm³/mol. The van der Waals surface area contributed by atoms with E-state index in [1.807, 2.05) is 30.3 Å². The first-order valence-corrected chi connectivity index (χ1v) is 7.18. The minimum atomic E-state index is -0.149. The standard InChI is InChI=1S/C18H22FN/c1-4-9-20-12-15-6-8-17(18(19)11-15)16-7-5-13(2)14(3)10-16/h5-8,10-11,20H,4,9,12H2,1-3H3. The highest BCUT2D eigenvalue weighted by atomic mass is 19.1. The summed E-state index contributed by atoms with van der Waals surface area (Å²) in [5, 5.41) is 3.29. The molecule has 2 rings (SSSR count). The highest BCUT2D eigenvalue weighted by Crippen LogP contribution is 2.25. The van der Waals surface area contributed by atoms with E-state index in [0.29, 0.717) is 5.56 Å². The van der Waals surface area contributed by atoms with E-state index in [1.54, 1.807) is 6.07 Å². The Balaban J connectivity index is 2.22. The lowest BCUT2D eigenvalue weighted by Gasteiger charge is -2.09. The van der Waals surface area contributed by atoms with Gasteiger partial charge in [-0.25, -0.2) is 4.39 Å². The van der Waals surface area contributed by atoms with Gasteiger partial charge in [0, 0.05) is 12.1 Å². The minimum Gasteiger partial charge on any atom is -0.313 e. The van der Waals surface area contributed by atoms with Crippen LogP contribution >= 0.6 is 0 Å². The highest BCUT2D eigenvalue weighted by molar-refractivity contribution is 5.65. The highest BCUT2D eigenvalue weighted by Gasteiger charge is 2.07. The van der Waals surface area contributed by atoms with Crippen LogP contribution in [-0.4, -0.2) is 6.54 Å². The van der Waals surface area contributed by atoms with Gasteiger partial charge in [-0.1, -0.05) is 37.3 Å². The van der Waals surface area contributed by atoms with Gasteiger partial charge in [-0.3, -0.25) is 0 Å². The Morgan fingerprint density at radius 1 is 1.00 bits per heavy atom. The molecule has 0 aliphatic carbocycles. The molecular weight excluding hydrogens is 249 g/mol. The zero-order chi connectivity index (χ0) is 14.5. The molecule has 0 unspecified atom stereocenters. The van der Waals surface area contributed by atoms with E-state index >= 15 is 0 Å². The molecule has 0 aliphatic rings. The van der Waals surface area contributed by atoms with Gasteiger partial charge in [0.15, 0.2) is 0 Å². The van der Waals surface area contributed by atoms with E-state index in [4.69, 9.17) is 0 Å². The lowest BCUT2D eigenvalue weighted by molar-refractivity contribution is 0.622. The normalized spacial score (nSPS) is 10.8. The number of hydrogen-bond acceptors (Lipinski definition) is 1. The van der Waals surface area contributed by atoms with E-state index in [1.165, 1.54) is 11.1 Å². The third-order valence-electron chi connectivity index (χ3n) is 3.61. The van der Waals surface area contributed by atoms with E-state index in [-0.39, 0.29) is 5.82 Å². The largest absolute Gasteiger partial charge is 0.313 e. The van der Waals surface area contributed by atoms with Crippen molar-refractivity contribution < 1.29 is 4.39 Å². The predicted octanol–water partition coefficient (Wildman–Crippen LogP) is 4.61. The molecule has 2 aromatic rings. The Kier molecular flexibility index (Phi) is 4.91. The smallest absolute Gasteiger partial charge is 0.131 e. The number of benzene rings is 2. The maximum absolute atomic E-state index is 14.2. The van der Waals surface area contributed by atoms with Crippen molar-refractivity contribution in [2.24, 2.45) is 0 Å². The first-order valence-electron chi connectivity index (χ1n) is 7.18. The molecule has 0 spiro atoms. The maximum Gasteiger partial charge on any atom is 0.131 e. The van der Waals surface area contributed by atoms with E-state index in [0.717, 1.165) is 30.6 Å². The van der Waals surface area contributed by atoms with Crippen LogP contribution in [0.4, 0.5) is 4.39 Å². The Hall–Kier alpha value is -1.67. The lowest BCUT2D eigenvalue weighted by Crippen LogP contribution is -2.13. The monoisotopic (exact) mass is 271 g/mol. The summed E-state index contributed by atoms with van der Waals surface area (Å²) in [6.45, 7) is 7.92. The van der Waals surface area contributed by atoms with Gasteiger partial charge >= 0.3 is 0 Å². The molecule has 2 heteroatoms. The van der Waals surface area contributed by atoms with Crippen molar-refractivity contribution in [2.75, 3.05) is 6.54 Å². The number of aryl methyl sites for hydroxylation is 2. The summed E-state index contributed by atoms with van der Waals surface area (Å²) >= 11 is 0. The number of nitrogens with one attached hydrogen (secondary N) is 1. The second kappa shape index (κ2) is 6.67. The molecule has 0 atom stereocenters. The van der Waals surface area contributed by atoms with Crippen molar-refractivity contribution in [3.8, 4) is 11.1 Å². The van der Waals surface area contributed by atoms with Crippen LogP contribution in [0.25, 0.3) is 11.1 Å². The van der Waals surface area contributed by atoms with Crippen LogP contribution in [0.2, 0.25) is 0 Å². The zero-order valence-corrected chi connectivity index (χ0v) is 12.5. The lowest BCUT2D eigenvalue weighted by atomic mass is 9.99. The molecule has 2 aromatic carbocycles. The molecule has 1 N–H and O–H groups in total. The van der Waals surface area contributed by atoms with Crippen molar-refractivity contribution >= 4 is 0 Å². The van der Waals surface area contributed by atoms with Crippen molar-refractivity contribution in [1.82, 2.24) is 5.32 Å². The molecule has 0 amide bonds. The summed E-state index contributed by atoms with van der Waals surface area (Å²) in [4.78, 5) is 0. The molecule has 0 saturated heterocycles.